The number of ether oxygens (including phenoxy) is 2. The van der Waals surface area contributed by atoms with Gasteiger partial charge in [0.1, 0.15) is 6.61 Å². The summed E-state index contributed by atoms with van der Waals surface area (Å²) in [4.78, 5) is 24.7. The van der Waals surface area contributed by atoms with Crippen LogP contribution in [0.3, 0.4) is 0 Å². The average Bonchev–Trinajstić information content (AvgIpc) is 3.55. The van der Waals surface area contributed by atoms with Crippen molar-refractivity contribution in [3.05, 3.63) is 85.1 Å². The third-order valence-electron chi connectivity index (χ3n) is 17.2. The topological polar surface area (TPSA) is 72.8 Å². The zero-order valence-electron chi connectivity index (χ0n) is 57.6. The first-order chi connectivity index (χ1) is 42.6. The van der Waals surface area contributed by atoms with Crippen LogP contribution >= 0.6 is 0 Å². The Hall–Kier alpha value is -2.92. The van der Waals surface area contributed by atoms with Crippen LogP contribution in [-0.2, 0) is 19.1 Å². The number of unbranched alkanes of at least 4 members (excludes halogenated alkanes) is 49. The van der Waals surface area contributed by atoms with E-state index in [0.717, 1.165) is 77.0 Å². The van der Waals surface area contributed by atoms with Gasteiger partial charge in [-0.25, -0.2) is 0 Å². The predicted molar refractivity (Wildman–Crippen MR) is 380 cm³/mol. The minimum atomic E-state index is -0.774. The van der Waals surface area contributed by atoms with Crippen LogP contribution in [0.2, 0.25) is 0 Å². The Morgan fingerprint density at radius 2 is 0.500 bits per heavy atom. The summed E-state index contributed by atoms with van der Waals surface area (Å²) in [6.07, 6.45) is 108. The van der Waals surface area contributed by atoms with Crippen molar-refractivity contribution in [3.63, 3.8) is 0 Å². The number of rotatable bonds is 71. The quantitative estimate of drug-likeness (QED) is 0.0373. The molecule has 0 rings (SSSR count). The Morgan fingerprint density at radius 3 is 0.756 bits per heavy atom. The smallest absolute Gasteiger partial charge is 0.306 e. The maximum Gasteiger partial charge on any atom is 0.306 e. The van der Waals surface area contributed by atoms with Gasteiger partial charge in [-0.1, -0.05) is 381 Å². The minimum absolute atomic E-state index is 0.0624. The summed E-state index contributed by atoms with van der Waals surface area (Å²) in [5.41, 5.74) is 0. The van der Waals surface area contributed by atoms with Crippen molar-refractivity contribution in [3.8, 4) is 0 Å². The average molecular weight is 1200 g/mol. The van der Waals surface area contributed by atoms with Crippen LogP contribution in [-0.4, -0.2) is 36.4 Å². The van der Waals surface area contributed by atoms with Gasteiger partial charge < -0.3 is 14.6 Å². The van der Waals surface area contributed by atoms with Gasteiger partial charge in [0, 0.05) is 12.8 Å². The molecule has 0 aromatic carbocycles. The molecule has 0 aliphatic heterocycles. The highest BCUT2D eigenvalue weighted by atomic mass is 16.6. The van der Waals surface area contributed by atoms with E-state index in [4.69, 9.17) is 9.47 Å². The number of hydrogen-bond donors (Lipinski definition) is 1. The standard InChI is InChI=1S/C81H146O5/c1-3-5-7-9-11-13-15-17-19-21-23-25-27-29-31-33-35-37-38-39-40-41-42-44-45-47-49-51-53-55-57-59-61-63-65-67-69-71-73-75-80(83)85-78-79(77-82)86-81(84)76-74-72-70-68-66-64-62-60-58-56-54-52-50-48-46-43-36-34-32-30-28-26-24-22-20-18-16-14-12-10-8-6-4-2/h6,8,12,14-15,17-18,20-21,23-24,26,30,32,79,82H,3-5,7,9-11,13,16,19,22,25,27-29,31,33-78H2,1-2H3/b8-6-,14-12-,17-15-,20-18-,23-21-,26-24-,32-30-. The molecular weight excluding hydrogens is 1050 g/mol. The molecule has 0 aliphatic carbocycles. The summed E-state index contributed by atoms with van der Waals surface area (Å²) >= 11 is 0. The molecule has 0 spiro atoms. The van der Waals surface area contributed by atoms with Gasteiger partial charge in [-0.15, -0.1) is 0 Å². The monoisotopic (exact) mass is 1200 g/mol. The summed E-state index contributed by atoms with van der Waals surface area (Å²) in [5, 5.41) is 9.72. The molecule has 1 unspecified atom stereocenters. The molecule has 0 saturated heterocycles. The molecule has 1 N–H and O–H groups in total. The van der Waals surface area contributed by atoms with E-state index in [1.807, 2.05) is 0 Å². The second-order valence-electron chi connectivity index (χ2n) is 25.7. The van der Waals surface area contributed by atoms with E-state index in [2.05, 4.69) is 98.9 Å². The lowest BCUT2D eigenvalue weighted by Crippen LogP contribution is -2.28. The molecule has 0 heterocycles. The molecule has 86 heavy (non-hydrogen) atoms. The van der Waals surface area contributed by atoms with Crippen molar-refractivity contribution >= 4 is 11.9 Å². The summed E-state index contributed by atoms with van der Waals surface area (Å²) in [5.74, 6) is -0.571. The number of esters is 2. The first-order valence-corrected chi connectivity index (χ1v) is 38.1. The Balaban J connectivity index is 3.39. The second-order valence-corrected chi connectivity index (χ2v) is 25.7. The summed E-state index contributed by atoms with van der Waals surface area (Å²) in [6.45, 7) is 4.07. The first kappa shape index (κ1) is 83.1. The normalized spacial score (nSPS) is 12.6. The van der Waals surface area contributed by atoms with Gasteiger partial charge in [-0.05, 0) is 89.9 Å². The van der Waals surface area contributed by atoms with Gasteiger partial charge in [0.25, 0.3) is 0 Å². The summed E-state index contributed by atoms with van der Waals surface area (Å²) < 4.78 is 10.8. The summed E-state index contributed by atoms with van der Waals surface area (Å²) in [6, 6.07) is 0. The first-order valence-electron chi connectivity index (χ1n) is 38.1. The number of hydrogen-bond acceptors (Lipinski definition) is 5. The zero-order chi connectivity index (χ0) is 61.9. The van der Waals surface area contributed by atoms with E-state index in [1.54, 1.807) is 0 Å². The third kappa shape index (κ3) is 73.5. The molecule has 0 aromatic heterocycles. The molecule has 0 fully saturated rings. The van der Waals surface area contributed by atoms with E-state index < -0.39 is 6.10 Å². The number of aliphatic hydroxyl groups excluding tert-OH is 1. The highest BCUT2D eigenvalue weighted by Crippen LogP contribution is 2.19. The molecule has 0 amide bonds. The van der Waals surface area contributed by atoms with Crippen molar-refractivity contribution in [1.29, 1.82) is 0 Å². The molecule has 0 aromatic rings. The fraction of sp³-hybridized carbons (Fsp3) is 0.802. The largest absolute Gasteiger partial charge is 0.462 e. The van der Waals surface area contributed by atoms with Gasteiger partial charge in [0.15, 0.2) is 6.10 Å². The Morgan fingerprint density at radius 1 is 0.279 bits per heavy atom. The number of allylic oxidation sites excluding steroid dienone is 14. The van der Waals surface area contributed by atoms with Gasteiger partial charge in [0.2, 0.25) is 0 Å². The van der Waals surface area contributed by atoms with E-state index >= 15 is 0 Å². The van der Waals surface area contributed by atoms with Crippen LogP contribution in [0.15, 0.2) is 85.1 Å². The minimum Gasteiger partial charge on any atom is -0.462 e. The second kappa shape index (κ2) is 76.3. The van der Waals surface area contributed by atoms with E-state index in [0.29, 0.717) is 12.8 Å². The lowest BCUT2D eigenvalue weighted by Gasteiger charge is -2.15. The molecule has 0 saturated carbocycles. The lowest BCUT2D eigenvalue weighted by molar-refractivity contribution is -0.161. The fourth-order valence-corrected chi connectivity index (χ4v) is 11.5. The van der Waals surface area contributed by atoms with Crippen LogP contribution in [0, 0.1) is 0 Å². The Bertz CT molecular complexity index is 1550. The van der Waals surface area contributed by atoms with Crippen LogP contribution in [0.25, 0.3) is 0 Å². The molecule has 1 atom stereocenters. The number of carbonyl (C=O) groups excluding carboxylic acids is 2. The Labute approximate surface area is 536 Å². The van der Waals surface area contributed by atoms with Gasteiger partial charge in [-0.2, -0.15) is 0 Å². The Kier molecular flexibility index (Phi) is 73.7. The highest BCUT2D eigenvalue weighted by molar-refractivity contribution is 5.70. The molecule has 5 nitrogen and oxygen atoms in total. The maximum absolute atomic E-state index is 12.4. The maximum atomic E-state index is 12.4. The molecule has 5 heteroatoms. The van der Waals surface area contributed by atoms with Gasteiger partial charge in [0.05, 0.1) is 6.61 Å². The molecule has 0 radical (unpaired) electrons. The molecule has 0 aliphatic rings. The van der Waals surface area contributed by atoms with Crippen molar-refractivity contribution in [2.45, 2.75) is 405 Å². The van der Waals surface area contributed by atoms with Crippen molar-refractivity contribution in [1.82, 2.24) is 0 Å². The summed E-state index contributed by atoms with van der Waals surface area (Å²) in [7, 11) is 0. The van der Waals surface area contributed by atoms with Crippen LogP contribution < -0.4 is 0 Å². The van der Waals surface area contributed by atoms with Crippen LogP contribution in [0.1, 0.15) is 399 Å². The number of aliphatic hydroxyl groups is 1. The van der Waals surface area contributed by atoms with E-state index in [-0.39, 0.29) is 25.2 Å². The third-order valence-corrected chi connectivity index (χ3v) is 17.2. The predicted octanol–water partition coefficient (Wildman–Crippen LogP) is 26.8. The molecule has 0 bridgehead atoms. The van der Waals surface area contributed by atoms with Gasteiger partial charge in [-0.3, -0.25) is 9.59 Å². The number of carbonyl (C=O) groups is 2. The lowest BCUT2D eigenvalue weighted by atomic mass is 10.0. The van der Waals surface area contributed by atoms with Crippen molar-refractivity contribution < 1.29 is 24.2 Å². The van der Waals surface area contributed by atoms with E-state index in [9.17, 15) is 14.7 Å². The zero-order valence-corrected chi connectivity index (χ0v) is 57.6. The molecule has 500 valence electrons. The van der Waals surface area contributed by atoms with Crippen LogP contribution in [0.5, 0.6) is 0 Å². The van der Waals surface area contributed by atoms with Crippen molar-refractivity contribution in [2.24, 2.45) is 0 Å². The van der Waals surface area contributed by atoms with Crippen LogP contribution in [0.4, 0.5) is 0 Å². The fourth-order valence-electron chi connectivity index (χ4n) is 11.5. The highest BCUT2D eigenvalue weighted by Gasteiger charge is 2.16. The van der Waals surface area contributed by atoms with E-state index in [1.165, 1.54) is 295 Å². The van der Waals surface area contributed by atoms with Crippen molar-refractivity contribution in [2.75, 3.05) is 13.2 Å². The molecular formula is C81H146O5. The SMILES string of the molecule is CC/C=C\C/C=C\C/C=C\C/C=C\C/C=C\CCCCCCCCCCCCCCCCCCCC(=O)OC(CO)COC(=O)CCCCCCCCCCCCCCCCCCCCCCCCCCCCC/C=C\C/C=C\CCCCCCC. The van der Waals surface area contributed by atoms with Gasteiger partial charge >= 0.3 is 11.9 Å².